The van der Waals surface area contributed by atoms with Crippen LogP contribution in [-0.4, -0.2) is 63.6 Å². The molecule has 0 unspecified atom stereocenters. The van der Waals surface area contributed by atoms with Crippen LogP contribution >= 0.6 is 11.8 Å². The molecule has 0 aromatic heterocycles. The number of nitrogens with zero attached hydrogens (tertiary/aromatic N) is 2. The van der Waals surface area contributed by atoms with E-state index in [0.717, 1.165) is 32.6 Å². The molecule has 1 atom stereocenters. The molecule has 0 bridgehead atoms. The molecule has 2 aliphatic heterocycles. The van der Waals surface area contributed by atoms with Crippen LogP contribution in [0.2, 0.25) is 0 Å². The minimum Gasteiger partial charge on any atom is -0.331 e. The fraction of sp³-hybridized carbons (Fsp3) is 0.714. The number of thioether (sulfide) groups is 1. The first-order chi connectivity index (χ1) is 9.16. The van der Waals surface area contributed by atoms with Crippen molar-refractivity contribution < 1.29 is 9.59 Å². The van der Waals surface area contributed by atoms with E-state index in [-0.39, 0.29) is 16.3 Å². The molecule has 4 nitrogen and oxygen atoms in total. The molecule has 0 aliphatic carbocycles. The predicted molar refractivity (Wildman–Crippen MR) is 78.6 cm³/mol. The fourth-order valence-corrected chi connectivity index (χ4v) is 3.33. The van der Waals surface area contributed by atoms with Gasteiger partial charge in [0.1, 0.15) is 0 Å². The summed E-state index contributed by atoms with van der Waals surface area (Å²) in [7, 11) is 0. The van der Waals surface area contributed by atoms with Crippen LogP contribution in [0.3, 0.4) is 0 Å². The number of rotatable bonds is 3. The lowest BCUT2D eigenvalue weighted by atomic mass is 10.4. The minimum absolute atomic E-state index is 0.105. The molecule has 0 spiro atoms. The quantitative estimate of drug-likeness (QED) is 0.571. The summed E-state index contributed by atoms with van der Waals surface area (Å²) in [6, 6.07) is 0. The predicted octanol–water partition coefficient (Wildman–Crippen LogP) is 0.942. The van der Waals surface area contributed by atoms with E-state index in [1.54, 1.807) is 11.8 Å². The van der Waals surface area contributed by atoms with Crippen molar-refractivity contribution in [2.45, 2.75) is 31.4 Å². The summed E-state index contributed by atoms with van der Waals surface area (Å²) in [5.41, 5.74) is 0. The van der Waals surface area contributed by atoms with E-state index in [0.29, 0.717) is 6.54 Å². The molecule has 19 heavy (non-hydrogen) atoms. The van der Waals surface area contributed by atoms with Crippen LogP contribution < -0.4 is 0 Å². The van der Waals surface area contributed by atoms with Crippen molar-refractivity contribution in [2.75, 3.05) is 32.7 Å². The Labute approximate surface area is 118 Å². The Morgan fingerprint density at radius 3 is 2.68 bits per heavy atom. The molecule has 104 valence electrons. The van der Waals surface area contributed by atoms with Crippen molar-refractivity contribution in [3.8, 4) is 11.8 Å². The molecule has 2 rings (SSSR count). The van der Waals surface area contributed by atoms with Crippen molar-refractivity contribution >= 4 is 22.8 Å². The van der Waals surface area contributed by atoms with Gasteiger partial charge in [0.05, 0.1) is 25.3 Å². The van der Waals surface area contributed by atoms with E-state index in [4.69, 9.17) is 0 Å². The van der Waals surface area contributed by atoms with Crippen LogP contribution in [0.25, 0.3) is 0 Å². The van der Waals surface area contributed by atoms with E-state index in [1.165, 1.54) is 24.6 Å². The number of hydrogen-bond donors (Lipinski definition) is 0. The zero-order valence-corrected chi connectivity index (χ0v) is 12.2. The molecule has 0 saturated carbocycles. The van der Waals surface area contributed by atoms with Gasteiger partial charge in [-0.25, -0.2) is 0 Å². The highest BCUT2D eigenvalue weighted by molar-refractivity contribution is 8.14. The molecule has 2 heterocycles. The number of carbonyl (C=O) groups excluding carboxylic acids is 2. The van der Waals surface area contributed by atoms with Gasteiger partial charge in [-0.1, -0.05) is 11.8 Å². The molecule has 2 fully saturated rings. The van der Waals surface area contributed by atoms with Crippen LogP contribution in [-0.2, 0) is 4.79 Å². The maximum atomic E-state index is 12.0. The van der Waals surface area contributed by atoms with Gasteiger partial charge in [-0.05, 0) is 44.1 Å². The Kier molecular flexibility index (Phi) is 5.29. The van der Waals surface area contributed by atoms with Crippen LogP contribution in [0, 0.1) is 11.8 Å². The second kappa shape index (κ2) is 6.97. The van der Waals surface area contributed by atoms with Gasteiger partial charge in [-0.2, -0.15) is 0 Å². The average molecular weight is 281 g/mol. The normalized spacial score (nSPS) is 23.5. The zero-order valence-electron chi connectivity index (χ0n) is 11.4. The lowest BCUT2D eigenvalue weighted by Crippen LogP contribution is -2.29. The van der Waals surface area contributed by atoms with Gasteiger partial charge in [0.15, 0.2) is 0 Å². The Morgan fingerprint density at radius 1 is 1.32 bits per heavy atom. The van der Waals surface area contributed by atoms with Crippen LogP contribution in [0.4, 0.5) is 0 Å². The molecular weight excluding hydrogens is 260 g/mol. The van der Waals surface area contributed by atoms with Crippen molar-refractivity contribution in [3.05, 3.63) is 0 Å². The monoisotopic (exact) mass is 281 g/mol. The number of amides is 1. The van der Waals surface area contributed by atoms with Crippen molar-refractivity contribution in [1.29, 1.82) is 0 Å². The van der Waals surface area contributed by atoms with Gasteiger partial charge in [0.25, 0.3) is 0 Å². The third-order valence-electron chi connectivity index (χ3n) is 3.46. The molecule has 0 radical (unpaired) electrons. The smallest absolute Gasteiger partial charge is 0.331 e. The van der Waals surface area contributed by atoms with Crippen LogP contribution in [0.15, 0.2) is 0 Å². The highest BCUT2D eigenvalue weighted by Crippen LogP contribution is 2.23. The molecular formula is C14H21N2O2S+. The largest absolute Gasteiger partial charge is 0.348 e. The van der Waals surface area contributed by atoms with Crippen molar-refractivity contribution in [1.82, 2.24) is 9.80 Å². The first-order valence-corrected chi connectivity index (χ1v) is 7.71. The van der Waals surface area contributed by atoms with Crippen LogP contribution in [0.5, 0.6) is 0 Å². The van der Waals surface area contributed by atoms with Gasteiger partial charge >= 0.3 is 5.12 Å². The standard InChI is InChI=1S/C14H20N2O2S/c1-12(17)19-13-6-11-16(14(13)18)10-5-4-9-15-7-2-3-8-15/h13H,2-3,6-11H2,1H3/p+1/t13-/m1/s1. The maximum Gasteiger partial charge on any atom is 0.348 e. The Bertz CT molecular complexity index is 407. The summed E-state index contributed by atoms with van der Waals surface area (Å²) in [4.78, 5) is 25.4. The molecule has 2 aliphatic rings. The van der Waals surface area contributed by atoms with E-state index in [9.17, 15) is 9.59 Å². The van der Waals surface area contributed by atoms with Gasteiger partial charge in [-0.3, -0.25) is 14.5 Å². The first kappa shape index (κ1) is 14.4. The topological polar surface area (TPSA) is 45.0 Å². The first-order valence-electron chi connectivity index (χ1n) is 6.83. The zero-order chi connectivity index (χ0) is 13.7. The van der Waals surface area contributed by atoms with Crippen molar-refractivity contribution in [2.24, 2.45) is 0 Å². The Morgan fingerprint density at radius 2 is 2.00 bits per heavy atom. The Hall–Kier alpha value is -0.990. The summed E-state index contributed by atoms with van der Waals surface area (Å²) in [5, 5.41) is 0.144. The molecule has 0 aromatic carbocycles. The summed E-state index contributed by atoms with van der Waals surface area (Å²) in [6.45, 7) is 6.03. The molecule has 5 heteroatoms. The third-order valence-corrected chi connectivity index (χ3v) is 4.52. The molecule has 1 amide bonds. The van der Waals surface area contributed by atoms with Gasteiger partial charge in [-0.15, -0.1) is 0 Å². The average Bonchev–Trinajstić information content (AvgIpc) is 2.98. The van der Waals surface area contributed by atoms with Gasteiger partial charge in [0.2, 0.25) is 5.91 Å². The highest BCUT2D eigenvalue weighted by atomic mass is 32.2. The summed E-state index contributed by atoms with van der Waals surface area (Å²) >= 11 is 1.26. The van der Waals surface area contributed by atoms with Crippen molar-refractivity contribution in [3.63, 3.8) is 0 Å². The lowest BCUT2D eigenvalue weighted by molar-refractivity contribution is -0.126. The third kappa shape index (κ3) is 4.26. The highest BCUT2D eigenvalue weighted by Gasteiger charge is 2.33. The summed E-state index contributed by atoms with van der Waals surface area (Å²) in [6.07, 6.45) is 3.36. The number of carbonyl (C=O) groups is 1. The van der Waals surface area contributed by atoms with E-state index in [2.05, 4.69) is 16.7 Å². The maximum absolute atomic E-state index is 12.0. The molecule has 2 saturated heterocycles. The van der Waals surface area contributed by atoms with E-state index < -0.39 is 0 Å². The fourth-order valence-electron chi connectivity index (χ4n) is 2.44. The number of hydrogen-bond acceptors (Lipinski definition) is 3. The summed E-state index contributed by atoms with van der Waals surface area (Å²) < 4.78 is 0. The second-order valence-electron chi connectivity index (χ2n) is 5.01. The van der Waals surface area contributed by atoms with Gasteiger partial charge in [0, 0.05) is 6.54 Å². The van der Waals surface area contributed by atoms with E-state index >= 15 is 0 Å². The van der Waals surface area contributed by atoms with Gasteiger partial charge < -0.3 is 4.90 Å². The van der Waals surface area contributed by atoms with Crippen LogP contribution in [0.1, 0.15) is 26.2 Å². The Balaban J connectivity index is 1.73. The minimum atomic E-state index is -0.120. The lowest BCUT2D eigenvalue weighted by Gasteiger charge is -2.12. The van der Waals surface area contributed by atoms with E-state index in [1.807, 2.05) is 0 Å². The SMILES string of the molecule is CC(=[OH+])S[C@@H]1CCN(CC#CCN2CCCC2)C1=O. The molecule has 1 N–H and O–H groups in total. The molecule has 0 aromatic rings. The summed E-state index contributed by atoms with van der Waals surface area (Å²) in [5.74, 6) is 6.35. The number of likely N-dealkylation sites (tertiary alicyclic amines) is 2. The second-order valence-corrected chi connectivity index (χ2v) is 6.41.